The lowest BCUT2D eigenvalue weighted by Crippen LogP contribution is -2.55. The van der Waals surface area contributed by atoms with Crippen molar-refractivity contribution in [3.8, 4) is 11.5 Å². The topological polar surface area (TPSA) is 24.9 Å². The highest BCUT2D eigenvalue weighted by atomic mass is 16.5. The highest BCUT2D eigenvalue weighted by Gasteiger charge is 2.41. The van der Waals surface area contributed by atoms with Crippen molar-refractivity contribution in [2.24, 2.45) is 0 Å². The van der Waals surface area contributed by atoms with Crippen molar-refractivity contribution in [1.29, 1.82) is 0 Å². The largest absolute Gasteiger partial charge is 0.536 e. The van der Waals surface area contributed by atoms with Gasteiger partial charge in [0.05, 0.1) is 11.4 Å². The molecule has 6 rings (SSSR count). The molecule has 2 aliphatic rings. The first-order chi connectivity index (χ1) is 15.9. The van der Waals surface area contributed by atoms with Crippen molar-refractivity contribution in [3.63, 3.8) is 0 Å². The third-order valence-electron chi connectivity index (χ3n) is 6.14. The molecular weight excluding hydrogens is 394 g/mol. The van der Waals surface area contributed by atoms with Gasteiger partial charge >= 0.3 is 14.1 Å². The molecule has 4 nitrogen and oxygen atoms in total. The average Bonchev–Trinajstić information content (AvgIpc) is 3.42. The van der Waals surface area contributed by atoms with Crippen LogP contribution in [-0.4, -0.2) is 27.2 Å². The van der Waals surface area contributed by atoms with Crippen LogP contribution in [0.5, 0.6) is 11.5 Å². The lowest BCUT2D eigenvalue weighted by atomic mass is 9.70. The number of benzene rings is 4. The Labute approximate surface area is 189 Å². The predicted octanol–water partition coefficient (Wildman–Crippen LogP) is 3.58. The number of hydrogen-bond acceptors (Lipinski definition) is 4. The van der Waals surface area contributed by atoms with Gasteiger partial charge in [-0.15, -0.1) is 0 Å². The van der Waals surface area contributed by atoms with Gasteiger partial charge in [0.15, 0.2) is 0 Å². The molecule has 154 valence electrons. The molecule has 0 saturated heterocycles. The second-order valence-corrected chi connectivity index (χ2v) is 8.08. The Bertz CT molecular complexity index is 1130. The first kappa shape index (κ1) is 18.9. The van der Waals surface area contributed by atoms with Crippen LogP contribution in [0, 0.1) is 0 Å². The van der Waals surface area contributed by atoms with Crippen LogP contribution in [0.25, 0.3) is 0 Å². The van der Waals surface area contributed by atoms with Crippen molar-refractivity contribution in [2.75, 3.05) is 22.7 Å². The Morgan fingerprint density at radius 3 is 1.28 bits per heavy atom. The minimum Gasteiger partial charge on any atom is -0.536 e. The molecule has 0 saturated carbocycles. The van der Waals surface area contributed by atoms with E-state index in [9.17, 15) is 0 Å². The van der Waals surface area contributed by atoms with Crippen molar-refractivity contribution in [1.82, 2.24) is 0 Å². The summed E-state index contributed by atoms with van der Waals surface area (Å²) in [7, 11) is -0.273. The van der Waals surface area contributed by atoms with Crippen LogP contribution in [0.15, 0.2) is 109 Å². The van der Waals surface area contributed by atoms with E-state index in [0.717, 1.165) is 46.9 Å². The highest BCUT2D eigenvalue weighted by molar-refractivity contribution is 6.74. The lowest BCUT2D eigenvalue weighted by Gasteiger charge is -2.28. The standard InChI is InChI=1S/C26H22B2N2O2/c1-3-11-21(12-4-1)27-29(23-15-7-9-17-25(23)31-27)19-20-30-24-16-8-10-18-26(24)32-28(30)22-13-5-2-6-14-22/h1-18H,19-20H2. The van der Waals surface area contributed by atoms with Gasteiger partial charge in [0.2, 0.25) is 0 Å². The van der Waals surface area contributed by atoms with E-state index in [1.807, 2.05) is 36.4 Å². The number of hydrogen-bond donors (Lipinski definition) is 0. The van der Waals surface area contributed by atoms with E-state index in [1.165, 1.54) is 0 Å². The van der Waals surface area contributed by atoms with Gasteiger partial charge in [0, 0.05) is 13.1 Å². The molecule has 0 unspecified atom stereocenters. The highest BCUT2D eigenvalue weighted by Crippen LogP contribution is 2.37. The summed E-state index contributed by atoms with van der Waals surface area (Å²) in [6.07, 6.45) is 0. The van der Waals surface area contributed by atoms with Gasteiger partial charge in [-0.25, -0.2) is 0 Å². The first-order valence-corrected chi connectivity index (χ1v) is 11.0. The Balaban J connectivity index is 1.32. The molecule has 6 heteroatoms. The Morgan fingerprint density at radius 2 is 0.844 bits per heavy atom. The Morgan fingerprint density at radius 1 is 0.469 bits per heavy atom. The smallest absolute Gasteiger partial charge is 0.519 e. The summed E-state index contributed by atoms with van der Waals surface area (Å²) in [6.45, 7) is 1.61. The molecule has 0 N–H and O–H groups in total. The third kappa shape index (κ3) is 3.28. The molecule has 0 bridgehead atoms. The second-order valence-electron chi connectivity index (χ2n) is 8.08. The van der Waals surface area contributed by atoms with Gasteiger partial charge in [-0.3, -0.25) is 0 Å². The minimum absolute atomic E-state index is 0.137. The maximum Gasteiger partial charge on any atom is 0.519 e. The van der Waals surface area contributed by atoms with E-state index in [-0.39, 0.29) is 14.1 Å². The summed E-state index contributed by atoms with van der Waals surface area (Å²) in [4.78, 5) is 4.71. The van der Waals surface area contributed by atoms with Gasteiger partial charge in [0.1, 0.15) is 11.5 Å². The quantitative estimate of drug-likeness (QED) is 0.465. The van der Waals surface area contributed by atoms with Gasteiger partial charge in [-0.1, -0.05) is 84.9 Å². The molecular formula is C26H22B2N2O2. The fraction of sp³-hybridized carbons (Fsp3) is 0.0769. The second kappa shape index (κ2) is 8.04. The van der Waals surface area contributed by atoms with Gasteiger partial charge in [0.25, 0.3) is 0 Å². The van der Waals surface area contributed by atoms with E-state index in [2.05, 4.69) is 82.4 Å². The molecule has 2 aliphatic heterocycles. The molecule has 32 heavy (non-hydrogen) atoms. The van der Waals surface area contributed by atoms with Crippen LogP contribution < -0.4 is 29.9 Å². The van der Waals surface area contributed by atoms with Gasteiger partial charge in [-0.2, -0.15) is 0 Å². The zero-order chi connectivity index (χ0) is 21.3. The van der Waals surface area contributed by atoms with Crippen LogP contribution in [-0.2, 0) is 0 Å². The molecule has 0 aromatic heterocycles. The fourth-order valence-corrected chi connectivity index (χ4v) is 4.63. The summed E-state index contributed by atoms with van der Waals surface area (Å²) in [5.74, 6) is 1.86. The van der Waals surface area contributed by atoms with Crippen molar-refractivity contribution >= 4 is 36.4 Å². The monoisotopic (exact) mass is 416 g/mol. The third-order valence-corrected chi connectivity index (χ3v) is 6.14. The molecule has 0 aliphatic carbocycles. The zero-order valence-electron chi connectivity index (χ0n) is 17.7. The van der Waals surface area contributed by atoms with E-state index in [1.54, 1.807) is 0 Å². The van der Waals surface area contributed by atoms with E-state index in [0.29, 0.717) is 0 Å². The molecule has 4 aromatic rings. The molecule has 0 fully saturated rings. The molecule has 0 spiro atoms. The van der Waals surface area contributed by atoms with Crippen LogP contribution in [0.4, 0.5) is 11.4 Å². The molecule has 0 atom stereocenters. The SMILES string of the molecule is c1ccc(B2Oc3ccccc3N2CCN2B(c3ccccc3)Oc3ccccc32)cc1. The van der Waals surface area contributed by atoms with Crippen molar-refractivity contribution in [3.05, 3.63) is 109 Å². The van der Waals surface area contributed by atoms with Crippen LogP contribution in [0.1, 0.15) is 0 Å². The maximum atomic E-state index is 6.38. The maximum absolute atomic E-state index is 6.38. The van der Waals surface area contributed by atoms with Crippen LogP contribution in [0.3, 0.4) is 0 Å². The molecule has 0 radical (unpaired) electrons. The normalized spacial score (nSPS) is 14.1. The summed E-state index contributed by atoms with van der Waals surface area (Å²) >= 11 is 0. The van der Waals surface area contributed by atoms with Crippen molar-refractivity contribution < 1.29 is 9.31 Å². The molecule has 2 heterocycles. The number of fused-ring (bicyclic) bond motifs is 2. The number of rotatable bonds is 5. The fourth-order valence-electron chi connectivity index (χ4n) is 4.63. The van der Waals surface area contributed by atoms with Crippen LogP contribution in [0.2, 0.25) is 0 Å². The molecule has 0 amide bonds. The molecule has 4 aromatic carbocycles. The zero-order valence-corrected chi connectivity index (χ0v) is 17.7. The summed E-state index contributed by atoms with van der Waals surface area (Å²) in [5.41, 5.74) is 4.57. The number of nitrogens with zero attached hydrogens (tertiary/aromatic N) is 2. The lowest BCUT2D eigenvalue weighted by molar-refractivity contribution is 0.598. The first-order valence-electron chi connectivity index (χ1n) is 11.0. The summed E-state index contributed by atoms with van der Waals surface area (Å²) in [5, 5.41) is 0. The summed E-state index contributed by atoms with van der Waals surface area (Å²) in [6, 6.07) is 37.4. The van der Waals surface area contributed by atoms with Crippen molar-refractivity contribution in [2.45, 2.75) is 0 Å². The van der Waals surface area contributed by atoms with E-state index >= 15 is 0 Å². The van der Waals surface area contributed by atoms with E-state index < -0.39 is 0 Å². The van der Waals surface area contributed by atoms with Gasteiger partial charge in [-0.05, 0) is 35.2 Å². The van der Waals surface area contributed by atoms with Gasteiger partial charge < -0.3 is 18.9 Å². The Kier molecular flexibility index (Phi) is 4.76. The number of anilines is 2. The summed E-state index contributed by atoms with van der Waals surface area (Å²) < 4.78 is 12.8. The average molecular weight is 416 g/mol. The minimum atomic E-state index is -0.137. The number of para-hydroxylation sites is 4. The van der Waals surface area contributed by atoms with E-state index in [4.69, 9.17) is 9.31 Å². The predicted molar refractivity (Wildman–Crippen MR) is 132 cm³/mol. The Hall–Kier alpha value is -3.79. The van der Waals surface area contributed by atoms with Crippen LogP contribution >= 0.6 is 0 Å².